The zero-order valence-electron chi connectivity index (χ0n) is 11.4. The molecule has 0 bridgehead atoms. The number of sulfonamides is 1. The lowest BCUT2D eigenvalue weighted by molar-refractivity contribution is -0.385. The van der Waals surface area contributed by atoms with Crippen molar-refractivity contribution in [1.29, 1.82) is 0 Å². The van der Waals surface area contributed by atoms with Crippen LogP contribution in [0.4, 0.5) is 11.5 Å². The smallest absolute Gasteiger partial charge is 0.288 e. The Bertz CT molecular complexity index is 658. The van der Waals surface area contributed by atoms with Crippen LogP contribution in [0.15, 0.2) is 12.3 Å². The summed E-state index contributed by atoms with van der Waals surface area (Å²) >= 11 is 0. The minimum atomic E-state index is -3.44. The Kier molecular flexibility index (Phi) is 5.16. The topological polar surface area (TPSA) is 149 Å². The summed E-state index contributed by atoms with van der Waals surface area (Å²) < 4.78 is 24.0. The van der Waals surface area contributed by atoms with Gasteiger partial charge in [-0.25, -0.2) is 17.7 Å². The van der Waals surface area contributed by atoms with Crippen LogP contribution < -0.4 is 11.1 Å². The summed E-state index contributed by atoms with van der Waals surface area (Å²) in [5.41, 5.74) is 4.92. The third-order valence-electron chi connectivity index (χ3n) is 2.56. The first kappa shape index (κ1) is 16.8. The van der Waals surface area contributed by atoms with E-state index in [0.29, 0.717) is 0 Å². The van der Waals surface area contributed by atoms with Crippen LogP contribution in [-0.2, 0) is 10.0 Å². The molecule has 0 radical (unpaired) electrons. The van der Waals surface area contributed by atoms with E-state index in [0.717, 1.165) is 16.6 Å². The van der Waals surface area contributed by atoms with Gasteiger partial charge in [0.05, 0.1) is 16.2 Å². The Labute approximate surface area is 121 Å². The Morgan fingerprint density at radius 1 is 1.52 bits per heavy atom. The van der Waals surface area contributed by atoms with Crippen molar-refractivity contribution in [3.63, 3.8) is 0 Å². The second-order valence-electron chi connectivity index (χ2n) is 4.24. The van der Waals surface area contributed by atoms with E-state index in [9.17, 15) is 23.3 Å². The monoisotopic (exact) mass is 317 g/mol. The van der Waals surface area contributed by atoms with E-state index in [4.69, 9.17) is 5.73 Å². The molecule has 0 fully saturated rings. The molecule has 1 rings (SSSR count). The molecule has 0 aromatic carbocycles. The van der Waals surface area contributed by atoms with Crippen LogP contribution in [0.3, 0.4) is 0 Å². The molecule has 116 valence electrons. The highest BCUT2D eigenvalue weighted by molar-refractivity contribution is 7.89. The number of nitro groups is 1. The minimum absolute atomic E-state index is 0.151. The van der Waals surface area contributed by atoms with E-state index < -0.39 is 20.9 Å². The van der Waals surface area contributed by atoms with Gasteiger partial charge in [0.2, 0.25) is 10.0 Å². The number of amides is 1. The molecule has 21 heavy (non-hydrogen) atoms. The van der Waals surface area contributed by atoms with Crippen molar-refractivity contribution < 1.29 is 18.1 Å². The van der Waals surface area contributed by atoms with Crippen LogP contribution in [0, 0.1) is 10.1 Å². The number of hydrogen-bond donors (Lipinski definition) is 2. The molecule has 3 N–H and O–H groups in total. The summed E-state index contributed by atoms with van der Waals surface area (Å²) in [6, 6.07) is 0.984. The lowest BCUT2D eigenvalue weighted by atomic mass is 10.2. The zero-order valence-corrected chi connectivity index (χ0v) is 12.3. The first-order chi connectivity index (χ1) is 9.65. The lowest BCUT2D eigenvalue weighted by Gasteiger charge is -2.11. The van der Waals surface area contributed by atoms with Gasteiger partial charge in [0.25, 0.3) is 11.6 Å². The summed E-state index contributed by atoms with van der Waals surface area (Å²) in [7, 11) is -0.695. The molecular formula is C10H15N5O5S. The molecule has 1 aromatic heterocycles. The summed E-state index contributed by atoms with van der Waals surface area (Å²) in [5.74, 6) is -1.19. The maximum Gasteiger partial charge on any atom is 0.288 e. The molecule has 0 atom stereocenters. The average Bonchev–Trinajstić information content (AvgIpc) is 2.38. The molecule has 1 heterocycles. The Morgan fingerprint density at radius 3 is 2.67 bits per heavy atom. The molecule has 0 aliphatic rings. The molecular weight excluding hydrogens is 302 g/mol. The molecule has 0 unspecified atom stereocenters. The largest absolute Gasteiger partial charge is 0.383 e. The van der Waals surface area contributed by atoms with Crippen molar-refractivity contribution in [2.75, 3.05) is 32.1 Å². The van der Waals surface area contributed by atoms with Gasteiger partial charge in [-0.3, -0.25) is 14.9 Å². The van der Waals surface area contributed by atoms with Gasteiger partial charge in [-0.15, -0.1) is 0 Å². The minimum Gasteiger partial charge on any atom is -0.383 e. The first-order valence-electron chi connectivity index (χ1n) is 5.73. The second kappa shape index (κ2) is 6.45. The number of pyridine rings is 1. The van der Waals surface area contributed by atoms with Crippen LogP contribution in [0.1, 0.15) is 10.4 Å². The second-order valence-corrected chi connectivity index (χ2v) is 6.54. The number of hydrogen-bond acceptors (Lipinski definition) is 7. The van der Waals surface area contributed by atoms with Crippen LogP contribution in [0.25, 0.3) is 0 Å². The fourth-order valence-electron chi connectivity index (χ4n) is 1.32. The van der Waals surface area contributed by atoms with Gasteiger partial charge in [0, 0.05) is 26.7 Å². The molecule has 10 nitrogen and oxygen atoms in total. The van der Waals surface area contributed by atoms with Gasteiger partial charge in [-0.05, 0) is 0 Å². The number of aromatic nitrogens is 1. The summed E-state index contributed by atoms with van der Waals surface area (Å²) in [6.07, 6.45) is 0.933. The predicted molar refractivity (Wildman–Crippen MR) is 75.1 cm³/mol. The SMILES string of the molecule is CN(C)S(=O)(=O)CCNC(=O)c1cc([N+](=O)[O-])cnc1N. The van der Waals surface area contributed by atoms with Gasteiger partial charge in [-0.1, -0.05) is 0 Å². The van der Waals surface area contributed by atoms with Crippen molar-refractivity contribution in [3.8, 4) is 0 Å². The van der Waals surface area contributed by atoms with Crippen LogP contribution in [-0.4, -0.2) is 54.9 Å². The van der Waals surface area contributed by atoms with Gasteiger partial charge >= 0.3 is 0 Å². The van der Waals surface area contributed by atoms with Crippen molar-refractivity contribution >= 4 is 27.4 Å². The van der Waals surface area contributed by atoms with E-state index in [-0.39, 0.29) is 29.4 Å². The van der Waals surface area contributed by atoms with E-state index >= 15 is 0 Å². The molecule has 0 aliphatic carbocycles. The summed E-state index contributed by atoms with van der Waals surface area (Å²) in [5, 5.41) is 12.9. The normalized spacial score (nSPS) is 11.4. The number of nitrogens with one attached hydrogen (secondary N) is 1. The highest BCUT2D eigenvalue weighted by Gasteiger charge is 2.18. The predicted octanol–water partition coefficient (Wildman–Crippen LogP) is -0.807. The number of nitrogens with zero attached hydrogens (tertiary/aromatic N) is 3. The number of carbonyl (C=O) groups is 1. The third kappa shape index (κ3) is 4.36. The highest BCUT2D eigenvalue weighted by Crippen LogP contribution is 2.16. The number of anilines is 1. The molecule has 0 spiro atoms. The Morgan fingerprint density at radius 2 is 2.14 bits per heavy atom. The van der Waals surface area contributed by atoms with Gasteiger partial charge in [0.1, 0.15) is 12.0 Å². The van der Waals surface area contributed by atoms with Crippen LogP contribution in [0.2, 0.25) is 0 Å². The summed E-state index contributed by atoms with van der Waals surface area (Å²) in [4.78, 5) is 25.3. The van der Waals surface area contributed by atoms with E-state index in [2.05, 4.69) is 10.3 Å². The molecule has 0 saturated carbocycles. The van der Waals surface area contributed by atoms with Gasteiger partial charge in [0.15, 0.2) is 0 Å². The van der Waals surface area contributed by atoms with E-state index in [1.807, 2.05) is 0 Å². The molecule has 0 aliphatic heterocycles. The van der Waals surface area contributed by atoms with Gasteiger partial charge < -0.3 is 11.1 Å². The zero-order chi connectivity index (χ0) is 16.2. The van der Waals surface area contributed by atoms with Crippen molar-refractivity contribution in [2.24, 2.45) is 0 Å². The quantitative estimate of drug-likeness (QED) is 0.515. The van der Waals surface area contributed by atoms with Crippen molar-refractivity contribution in [2.45, 2.75) is 0 Å². The number of nitrogens with two attached hydrogens (primary N) is 1. The standard InChI is InChI=1S/C10H15N5O5S/c1-14(2)21(19,20)4-3-12-10(16)8-5-7(15(17)18)6-13-9(8)11/h5-6H,3-4H2,1-2H3,(H2,11,13)(H,12,16). The van der Waals surface area contributed by atoms with Crippen molar-refractivity contribution in [1.82, 2.24) is 14.6 Å². The van der Waals surface area contributed by atoms with Gasteiger partial charge in [-0.2, -0.15) is 0 Å². The molecule has 1 aromatic rings. The fraction of sp³-hybridized carbons (Fsp3) is 0.400. The molecule has 0 saturated heterocycles. The number of nitrogen functional groups attached to an aromatic ring is 1. The molecule has 11 heteroatoms. The first-order valence-corrected chi connectivity index (χ1v) is 7.34. The van der Waals surface area contributed by atoms with Crippen LogP contribution >= 0.6 is 0 Å². The van der Waals surface area contributed by atoms with E-state index in [1.54, 1.807) is 0 Å². The maximum atomic E-state index is 11.8. The van der Waals surface area contributed by atoms with Crippen molar-refractivity contribution in [3.05, 3.63) is 27.9 Å². The maximum absolute atomic E-state index is 11.8. The average molecular weight is 317 g/mol. The third-order valence-corrected chi connectivity index (χ3v) is 4.39. The molecule has 1 amide bonds. The lowest BCUT2D eigenvalue weighted by Crippen LogP contribution is -2.34. The number of carbonyl (C=O) groups excluding carboxylic acids is 1. The van der Waals surface area contributed by atoms with Crippen LogP contribution in [0.5, 0.6) is 0 Å². The summed E-state index contributed by atoms with van der Waals surface area (Å²) in [6.45, 7) is -0.151. The Hall–Kier alpha value is -2.27. The highest BCUT2D eigenvalue weighted by atomic mass is 32.2. The number of rotatable bonds is 6. The fourth-order valence-corrected chi connectivity index (χ4v) is 2.04. The Balaban J connectivity index is 2.77. The van der Waals surface area contributed by atoms with E-state index in [1.165, 1.54) is 14.1 Å².